The number of fused-ring (bicyclic) bond motifs is 3. The third-order valence-corrected chi connectivity index (χ3v) is 8.01. The van der Waals surface area contributed by atoms with E-state index < -0.39 is 28.9 Å². The summed E-state index contributed by atoms with van der Waals surface area (Å²) in [6, 6.07) is 16.8. The van der Waals surface area contributed by atoms with E-state index in [1.807, 2.05) is 50.2 Å². The lowest BCUT2D eigenvalue weighted by atomic mass is 9.64. The highest BCUT2D eigenvalue weighted by molar-refractivity contribution is 5.87. The molecule has 0 atom stereocenters. The molecule has 6 heteroatoms. The Morgan fingerprint density at radius 2 is 0.795 bits per heavy atom. The lowest BCUT2D eigenvalue weighted by Crippen LogP contribution is -2.32. The Hall–Kier alpha value is -3.54. The Bertz CT molecular complexity index is 1510. The number of rotatable bonds is 2. The predicted octanol–water partition coefficient (Wildman–Crippen LogP) is 9.94. The smallest absolute Gasteiger partial charge is 0.166 e. The van der Waals surface area contributed by atoms with Crippen molar-refractivity contribution in [3.05, 3.63) is 127 Å². The Balaban J connectivity index is 2.07. The van der Waals surface area contributed by atoms with Gasteiger partial charge in [-0.25, -0.2) is 0 Å². The van der Waals surface area contributed by atoms with E-state index in [0.29, 0.717) is 33.4 Å². The first kappa shape index (κ1) is 27.0. The summed E-state index contributed by atoms with van der Waals surface area (Å²) in [5.41, 5.74) is 3.69. The van der Waals surface area contributed by atoms with Crippen molar-refractivity contribution in [1.82, 2.24) is 0 Å². The van der Waals surface area contributed by atoms with Crippen molar-refractivity contribution in [3.63, 3.8) is 0 Å². The molecule has 5 rings (SSSR count). The monoisotopic (exact) mass is 538 g/mol. The van der Waals surface area contributed by atoms with Crippen LogP contribution in [0.4, 0.5) is 26.3 Å². The van der Waals surface area contributed by atoms with Crippen molar-refractivity contribution >= 4 is 0 Å². The summed E-state index contributed by atoms with van der Waals surface area (Å²) in [7, 11) is 0. The molecule has 0 saturated heterocycles. The lowest BCUT2D eigenvalue weighted by molar-refractivity contribution is -0.138. The minimum Gasteiger partial charge on any atom is -0.166 e. The van der Waals surface area contributed by atoms with E-state index in [0.717, 1.165) is 34.4 Å². The van der Waals surface area contributed by atoms with Gasteiger partial charge in [0.25, 0.3) is 0 Å². The van der Waals surface area contributed by atoms with E-state index in [1.165, 1.54) is 26.0 Å². The molecule has 1 aliphatic rings. The van der Waals surface area contributed by atoms with Crippen molar-refractivity contribution in [2.24, 2.45) is 0 Å². The van der Waals surface area contributed by atoms with Gasteiger partial charge >= 0.3 is 12.4 Å². The molecule has 0 nitrogen and oxygen atoms in total. The molecule has 1 aliphatic carbocycles. The summed E-state index contributed by atoms with van der Waals surface area (Å²) in [6.07, 6.45) is -9.26. The van der Waals surface area contributed by atoms with Gasteiger partial charge in [-0.2, -0.15) is 26.3 Å². The average molecular weight is 539 g/mol. The molecule has 4 aromatic rings. The van der Waals surface area contributed by atoms with Crippen LogP contribution in [-0.2, 0) is 17.8 Å². The molecule has 4 aromatic carbocycles. The van der Waals surface area contributed by atoms with E-state index >= 15 is 0 Å². The predicted molar refractivity (Wildman–Crippen MR) is 142 cm³/mol. The quantitative estimate of drug-likeness (QED) is 0.196. The van der Waals surface area contributed by atoms with Crippen molar-refractivity contribution in [2.45, 2.75) is 59.3 Å². The van der Waals surface area contributed by atoms with E-state index in [1.54, 1.807) is 13.8 Å². The van der Waals surface area contributed by atoms with E-state index in [9.17, 15) is 26.3 Å². The largest absolute Gasteiger partial charge is 0.416 e. The highest BCUT2D eigenvalue weighted by Gasteiger charge is 2.50. The molecule has 0 fully saturated rings. The first-order valence-corrected chi connectivity index (χ1v) is 12.7. The van der Waals surface area contributed by atoms with E-state index in [4.69, 9.17) is 0 Å². The second kappa shape index (κ2) is 8.73. The van der Waals surface area contributed by atoms with Crippen LogP contribution in [0, 0.1) is 41.5 Å². The summed E-state index contributed by atoms with van der Waals surface area (Å²) >= 11 is 0. The highest BCUT2D eigenvalue weighted by atomic mass is 19.4. The molecule has 202 valence electrons. The summed E-state index contributed by atoms with van der Waals surface area (Å²) in [5, 5.41) is 0. The van der Waals surface area contributed by atoms with Gasteiger partial charge in [0.15, 0.2) is 0 Å². The maximum Gasteiger partial charge on any atom is 0.416 e. The van der Waals surface area contributed by atoms with Crippen LogP contribution in [0.25, 0.3) is 11.1 Å². The molecular weight excluding hydrogens is 510 g/mol. The Morgan fingerprint density at radius 1 is 0.436 bits per heavy atom. The number of hydrogen-bond donors (Lipinski definition) is 0. The van der Waals surface area contributed by atoms with Crippen LogP contribution in [0.5, 0.6) is 0 Å². The third kappa shape index (κ3) is 4.07. The first-order valence-electron chi connectivity index (χ1n) is 12.7. The van der Waals surface area contributed by atoms with Gasteiger partial charge in [-0.1, -0.05) is 59.7 Å². The fraction of sp³-hybridized carbons (Fsp3) is 0.273. The lowest BCUT2D eigenvalue weighted by Gasteiger charge is -2.38. The standard InChI is InChI=1S/C33H28F6/c1-17-7-9-23-24-10-8-18(2)12-30(24)31(29(23)11-17,25-15-27(32(34,35)36)21(5)13-19(25)3)26-16-28(33(37,38)39)22(6)14-20(26)4/h7-16H,1-6H3. The molecule has 0 spiro atoms. The number of alkyl halides is 6. The number of hydrogen-bond acceptors (Lipinski definition) is 0. The first-order chi connectivity index (χ1) is 18.1. The summed E-state index contributed by atoms with van der Waals surface area (Å²) in [4.78, 5) is 0. The molecule has 0 bridgehead atoms. The molecule has 0 unspecified atom stereocenters. The molecular formula is C33H28F6. The number of aryl methyl sites for hydroxylation is 6. The highest BCUT2D eigenvalue weighted by Crippen LogP contribution is 2.59. The average Bonchev–Trinajstić information content (AvgIpc) is 3.06. The molecule has 0 aliphatic heterocycles. The van der Waals surface area contributed by atoms with Gasteiger partial charge in [-0.3, -0.25) is 0 Å². The van der Waals surface area contributed by atoms with Crippen molar-refractivity contribution < 1.29 is 26.3 Å². The second-order valence-corrected chi connectivity index (χ2v) is 10.8. The maximum absolute atomic E-state index is 14.3. The van der Waals surface area contributed by atoms with Gasteiger partial charge < -0.3 is 0 Å². The molecule has 0 N–H and O–H groups in total. The fourth-order valence-electron chi connectivity index (χ4n) is 6.40. The van der Waals surface area contributed by atoms with Crippen LogP contribution < -0.4 is 0 Å². The van der Waals surface area contributed by atoms with Gasteiger partial charge in [-0.15, -0.1) is 0 Å². The molecule has 0 heterocycles. The minimum absolute atomic E-state index is 0.0717. The summed E-state index contributed by atoms with van der Waals surface area (Å²) in [6.45, 7) is 10.1. The van der Waals surface area contributed by atoms with Gasteiger partial charge in [0.1, 0.15) is 0 Å². The van der Waals surface area contributed by atoms with Crippen LogP contribution in [0.1, 0.15) is 66.8 Å². The fourth-order valence-corrected chi connectivity index (χ4v) is 6.40. The Labute approximate surface area is 224 Å². The zero-order valence-corrected chi connectivity index (χ0v) is 22.5. The van der Waals surface area contributed by atoms with Crippen LogP contribution in [0.15, 0.2) is 60.7 Å². The van der Waals surface area contributed by atoms with E-state index in [2.05, 4.69) is 0 Å². The van der Waals surface area contributed by atoms with Crippen molar-refractivity contribution in [3.8, 4) is 11.1 Å². The van der Waals surface area contributed by atoms with Crippen LogP contribution >= 0.6 is 0 Å². The normalized spacial score (nSPS) is 14.4. The third-order valence-electron chi connectivity index (χ3n) is 8.01. The van der Waals surface area contributed by atoms with Crippen LogP contribution in [0.2, 0.25) is 0 Å². The van der Waals surface area contributed by atoms with Gasteiger partial charge in [0, 0.05) is 0 Å². The molecule has 0 saturated carbocycles. The molecule has 0 radical (unpaired) electrons. The number of benzene rings is 4. The van der Waals surface area contributed by atoms with E-state index in [-0.39, 0.29) is 11.1 Å². The molecule has 0 aromatic heterocycles. The van der Waals surface area contributed by atoms with Gasteiger partial charge in [0.2, 0.25) is 0 Å². The summed E-state index contributed by atoms with van der Waals surface area (Å²) in [5.74, 6) is 0. The number of halogens is 6. The van der Waals surface area contributed by atoms with Crippen molar-refractivity contribution in [2.75, 3.05) is 0 Å². The zero-order chi connectivity index (χ0) is 28.7. The Morgan fingerprint density at radius 3 is 1.13 bits per heavy atom. The molecule has 0 amide bonds. The van der Waals surface area contributed by atoms with Gasteiger partial charge in [-0.05, 0) is 109 Å². The Kier molecular flexibility index (Phi) is 6.06. The van der Waals surface area contributed by atoms with Gasteiger partial charge in [0.05, 0.1) is 16.5 Å². The van der Waals surface area contributed by atoms with Crippen LogP contribution in [0.3, 0.4) is 0 Å². The molecule has 39 heavy (non-hydrogen) atoms. The summed E-state index contributed by atoms with van der Waals surface area (Å²) < 4.78 is 85.8. The second-order valence-electron chi connectivity index (χ2n) is 10.8. The maximum atomic E-state index is 14.3. The SMILES string of the molecule is Cc1ccc2c(c1)C(c1cc(C(F)(F)F)c(C)cc1C)(c1cc(C(F)(F)F)c(C)cc1C)c1cc(C)ccc1-2. The topological polar surface area (TPSA) is 0 Å². The minimum atomic E-state index is -4.63. The van der Waals surface area contributed by atoms with Crippen LogP contribution in [-0.4, -0.2) is 0 Å². The zero-order valence-electron chi connectivity index (χ0n) is 22.5. The van der Waals surface area contributed by atoms with Crippen molar-refractivity contribution in [1.29, 1.82) is 0 Å².